The van der Waals surface area contributed by atoms with Crippen molar-refractivity contribution >= 4 is 74.7 Å². The first-order chi connectivity index (χ1) is 22.2. The predicted molar refractivity (Wildman–Crippen MR) is 187 cm³/mol. The van der Waals surface area contributed by atoms with Gasteiger partial charge in [0.1, 0.15) is 17.3 Å². The minimum atomic E-state index is -1.02. The maximum absolute atomic E-state index is 15.1. The number of nitrogens with zero attached hydrogens (tertiary/aromatic N) is 6. The van der Waals surface area contributed by atoms with Crippen LogP contribution < -0.4 is 16.2 Å². The number of carbonyl (C=O) groups is 1. The van der Waals surface area contributed by atoms with E-state index in [4.69, 9.17) is 57.1 Å². The van der Waals surface area contributed by atoms with Crippen molar-refractivity contribution in [2.45, 2.75) is 52.6 Å². The van der Waals surface area contributed by atoms with E-state index in [0.29, 0.717) is 28.0 Å². The van der Waals surface area contributed by atoms with Crippen molar-refractivity contribution in [2.24, 2.45) is 0 Å². The highest BCUT2D eigenvalue weighted by Crippen LogP contribution is 2.47. The van der Waals surface area contributed by atoms with E-state index in [2.05, 4.69) is 17.6 Å². The number of aryl methyl sites for hydroxylation is 1. The number of nitrogen functional groups attached to an aromatic ring is 1. The standard InChI is InChI=1S/C33H30Cl4FN7O2/c1-7-21(46)44-16(5)12-43(13-17(44)6)31-18-10-20(34)29(22-23(35)26(38)24(36)25(37)27(22)40)42-32(18)45(33(47)19(31)11-39)30-15(4)8-9-41-28(30)14(2)3/h7-10,14,16-17H,1,12-13,40H2,2-6H3/t16-,17+. The van der Waals surface area contributed by atoms with E-state index in [1.54, 1.807) is 23.2 Å². The minimum Gasteiger partial charge on any atom is -0.397 e. The molecule has 1 saturated heterocycles. The summed E-state index contributed by atoms with van der Waals surface area (Å²) < 4.78 is 16.5. The molecule has 9 nitrogen and oxygen atoms in total. The first-order valence-corrected chi connectivity index (χ1v) is 16.1. The predicted octanol–water partition coefficient (Wildman–Crippen LogP) is 7.70. The van der Waals surface area contributed by atoms with Gasteiger partial charge in [0.2, 0.25) is 5.91 Å². The third-order valence-corrected chi connectivity index (χ3v) is 9.80. The second-order valence-electron chi connectivity index (χ2n) is 11.8. The maximum Gasteiger partial charge on any atom is 0.276 e. The molecular formula is C33H30Cl4FN7O2. The van der Waals surface area contributed by atoms with Crippen molar-refractivity contribution in [3.05, 3.63) is 84.1 Å². The van der Waals surface area contributed by atoms with Gasteiger partial charge in [-0.1, -0.05) is 66.8 Å². The Morgan fingerprint density at radius 2 is 1.79 bits per heavy atom. The summed E-state index contributed by atoms with van der Waals surface area (Å²) in [4.78, 5) is 40.3. The van der Waals surface area contributed by atoms with Crippen LogP contribution in [0.15, 0.2) is 35.8 Å². The van der Waals surface area contributed by atoms with E-state index in [1.165, 1.54) is 10.6 Å². The van der Waals surface area contributed by atoms with Crippen LogP contribution in [0.5, 0.6) is 0 Å². The van der Waals surface area contributed by atoms with Crippen LogP contribution in [0.3, 0.4) is 0 Å². The van der Waals surface area contributed by atoms with Crippen molar-refractivity contribution in [1.82, 2.24) is 19.4 Å². The summed E-state index contributed by atoms with van der Waals surface area (Å²) in [5.41, 5.74) is 7.26. The molecule has 1 aliphatic rings. The van der Waals surface area contributed by atoms with Crippen LogP contribution in [-0.4, -0.2) is 50.5 Å². The molecule has 2 N–H and O–H groups in total. The van der Waals surface area contributed by atoms with Gasteiger partial charge in [-0.05, 0) is 50.5 Å². The minimum absolute atomic E-state index is 0.00668. The third-order valence-electron chi connectivity index (χ3n) is 8.32. The van der Waals surface area contributed by atoms with E-state index in [0.717, 1.165) is 0 Å². The number of hydrogen-bond acceptors (Lipinski definition) is 7. The van der Waals surface area contributed by atoms with E-state index in [-0.39, 0.29) is 75.2 Å². The summed E-state index contributed by atoms with van der Waals surface area (Å²) in [6.07, 6.45) is 2.90. The monoisotopic (exact) mass is 715 g/mol. The highest BCUT2D eigenvalue weighted by molar-refractivity contribution is 6.46. The zero-order chi connectivity index (χ0) is 34.6. The summed E-state index contributed by atoms with van der Waals surface area (Å²) in [5, 5.41) is 9.69. The molecule has 14 heteroatoms. The lowest BCUT2D eigenvalue weighted by molar-refractivity contribution is -0.130. The fourth-order valence-electron chi connectivity index (χ4n) is 6.29. The molecule has 3 aromatic heterocycles. The largest absolute Gasteiger partial charge is 0.397 e. The second-order valence-corrected chi connectivity index (χ2v) is 13.3. The SMILES string of the molecule is C=CC(=O)N1[C@H](C)CN(c2c(C#N)c(=O)n(-c3c(C)ccnc3C(C)C)c3nc(-c4c(N)c(Cl)c(Cl)c(F)c4Cl)c(Cl)cc23)C[C@@H]1C. The molecule has 4 heterocycles. The number of hydrogen-bond donors (Lipinski definition) is 1. The Kier molecular flexibility index (Phi) is 9.50. The third kappa shape index (κ3) is 5.59. The molecule has 0 radical (unpaired) electrons. The lowest BCUT2D eigenvalue weighted by Gasteiger charge is -2.45. The Morgan fingerprint density at radius 1 is 1.15 bits per heavy atom. The molecule has 4 aromatic rings. The van der Waals surface area contributed by atoms with Gasteiger partial charge >= 0.3 is 0 Å². The molecule has 47 heavy (non-hydrogen) atoms. The molecule has 5 rings (SSSR count). The number of fused-ring (bicyclic) bond motifs is 1. The Labute approximate surface area is 290 Å². The molecule has 2 atom stereocenters. The number of aromatic nitrogens is 3. The molecule has 0 bridgehead atoms. The fourth-order valence-corrected chi connectivity index (χ4v) is 7.24. The Hall–Kier alpha value is -3.88. The first-order valence-electron chi connectivity index (χ1n) is 14.6. The summed E-state index contributed by atoms with van der Waals surface area (Å²) in [6.45, 7) is 13.6. The van der Waals surface area contributed by atoms with Gasteiger partial charge in [0.25, 0.3) is 5.56 Å². The number of amides is 1. The average Bonchev–Trinajstić information content (AvgIpc) is 3.02. The van der Waals surface area contributed by atoms with E-state index in [9.17, 15) is 14.9 Å². The Morgan fingerprint density at radius 3 is 2.36 bits per heavy atom. The van der Waals surface area contributed by atoms with Crippen LogP contribution in [0, 0.1) is 24.1 Å². The van der Waals surface area contributed by atoms with Crippen molar-refractivity contribution in [1.29, 1.82) is 5.26 Å². The smallest absolute Gasteiger partial charge is 0.276 e. The maximum atomic E-state index is 15.1. The van der Waals surface area contributed by atoms with Gasteiger partial charge in [-0.25, -0.2) is 9.37 Å². The highest BCUT2D eigenvalue weighted by Gasteiger charge is 2.36. The highest BCUT2D eigenvalue weighted by atomic mass is 35.5. The topological polar surface area (TPSA) is 121 Å². The number of benzene rings is 1. The zero-order valence-electron chi connectivity index (χ0n) is 26.1. The quantitative estimate of drug-likeness (QED) is 0.0973. The van der Waals surface area contributed by atoms with Crippen LogP contribution in [0.2, 0.25) is 20.1 Å². The Balaban J connectivity index is 1.95. The molecule has 0 saturated carbocycles. The first kappa shape index (κ1) is 34.5. The molecule has 1 aromatic carbocycles. The molecule has 1 fully saturated rings. The summed E-state index contributed by atoms with van der Waals surface area (Å²) >= 11 is 25.6. The second kappa shape index (κ2) is 13.0. The number of piperazine rings is 1. The number of anilines is 2. The van der Waals surface area contributed by atoms with Gasteiger partial charge in [0.05, 0.1) is 48.5 Å². The summed E-state index contributed by atoms with van der Waals surface area (Å²) in [7, 11) is 0. The van der Waals surface area contributed by atoms with Gasteiger partial charge in [0, 0.05) is 42.3 Å². The number of pyridine rings is 3. The van der Waals surface area contributed by atoms with Crippen LogP contribution in [0.1, 0.15) is 50.4 Å². The molecular weight excluding hydrogens is 687 g/mol. The lowest BCUT2D eigenvalue weighted by atomic mass is 10.0. The van der Waals surface area contributed by atoms with Gasteiger partial charge in [-0.15, -0.1) is 0 Å². The average molecular weight is 717 g/mol. The van der Waals surface area contributed by atoms with Crippen LogP contribution in [0.25, 0.3) is 28.0 Å². The number of carbonyl (C=O) groups excluding carboxylic acids is 1. The summed E-state index contributed by atoms with van der Waals surface area (Å²) in [6, 6.07) is 4.81. The van der Waals surface area contributed by atoms with Crippen LogP contribution in [0.4, 0.5) is 15.8 Å². The molecule has 0 aliphatic carbocycles. The van der Waals surface area contributed by atoms with Crippen molar-refractivity contribution in [3.63, 3.8) is 0 Å². The van der Waals surface area contributed by atoms with E-state index >= 15 is 4.39 Å². The normalized spacial score (nSPS) is 16.6. The molecule has 1 aliphatic heterocycles. The van der Waals surface area contributed by atoms with Crippen molar-refractivity contribution in [2.75, 3.05) is 23.7 Å². The van der Waals surface area contributed by atoms with Gasteiger partial charge in [-0.2, -0.15) is 5.26 Å². The lowest BCUT2D eigenvalue weighted by Crippen LogP contribution is -2.58. The zero-order valence-corrected chi connectivity index (χ0v) is 29.2. The van der Waals surface area contributed by atoms with Gasteiger partial charge < -0.3 is 15.5 Å². The number of nitriles is 1. The molecule has 1 amide bonds. The summed E-state index contributed by atoms with van der Waals surface area (Å²) in [5.74, 6) is -1.37. The van der Waals surface area contributed by atoms with Gasteiger partial charge in [-0.3, -0.25) is 19.1 Å². The molecule has 0 unspecified atom stereocenters. The van der Waals surface area contributed by atoms with E-state index in [1.807, 2.05) is 39.5 Å². The molecule has 0 spiro atoms. The van der Waals surface area contributed by atoms with E-state index < -0.39 is 21.4 Å². The van der Waals surface area contributed by atoms with Crippen molar-refractivity contribution in [3.8, 4) is 23.0 Å². The number of nitrogens with two attached hydrogens (primary N) is 1. The fraction of sp³-hybridized carbons (Fsp3) is 0.303. The van der Waals surface area contributed by atoms with Crippen LogP contribution >= 0.6 is 46.4 Å². The number of halogens is 5. The Bertz CT molecular complexity index is 2050. The number of rotatable bonds is 5. The van der Waals surface area contributed by atoms with Gasteiger partial charge in [0.15, 0.2) is 5.82 Å². The molecule has 244 valence electrons. The van der Waals surface area contributed by atoms with Crippen LogP contribution in [-0.2, 0) is 4.79 Å². The van der Waals surface area contributed by atoms with Crippen molar-refractivity contribution < 1.29 is 9.18 Å².